The van der Waals surface area contributed by atoms with E-state index >= 15 is 0 Å². The van der Waals surface area contributed by atoms with Gasteiger partial charge in [0, 0.05) is 26.2 Å². The summed E-state index contributed by atoms with van der Waals surface area (Å²) in [4.78, 5) is 27.1. The third-order valence-corrected chi connectivity index (χ3v) is 4.68. The standard InChI is InChI=1S/C13H22N2O3/c1-3-13(11(16)17)7-8-15(9-13)12(18)14(2)10-5-4-6-10/h10H,3-9H2,1-2H3,(H,16,17). The van der Waals surface area contributed by atoms with Crippen LogP contribution < -0.4 is 0 Å². The van der Waals surface area contributed by atoms with E-state index in [0.717, 1.165) is 12.8 Å². The van der Waals surface area contributed by atoms with E-state index in [1.54, 1.807) is 9.80 Å². The highest BCUT2D eigenvalue weighted by Gasteiger charge is 2.45. The van der Waals surface area contributed by atoms with Gasteiger partial charge in [-0.2, -0.15) is 0 Å². The van der Waals surface area contributed by atoms with Gasteiger partial charge in [0.15, 0.2) is 0 Å². The van der Waals surface area contributed by atoms with Crippen LogP contribution in [0.5, 0.6) is 0 Å². The van der Waals surface area contributed by atoms with E-state index in [0.29, 0.717) is 32.0 Å². The molecule has 5 heteroatoms. The van der Waals surface area contributed by atoms with Crippen LogP contribution in [0.25, 0.3) is 0 Å². The first kappa shape index (κ1) is 13.2. The SMILES string of the molecule is CCC1(C(=O)O)CCN(C(=O)N(C)C2CCC2)C1. The molecule has 0 aromatic carbocycles. The molecule has 1 aliphatic carbocycles. The molecule has 1 atom stereocenters. The lowest BCUT2D eigenvalue weighted by Gasteiger charge is -2.37. The molecule has 2 aliphatic rings. The van der Waals surface area contributed by atoms with Gasteiger partial charge in [0.05, 0.1) is 5.41 Å². The number of carboxylic acids is 1. The summed E-state index contributed by atoms with van der Waals surface area (Å²) in [6.07, 6.45) is 4.50. The van der Waals surface area contributed by atoms with Gasteiger partial charge in [0.2, 0.25) is 0 Å². The van der Waals surface area contributed by atoms with Gasteiger partial charge in [-0.15, -0.1) is 0 Å². The van der Waals surface area contributed by atoms with Gasteiger partial charge in [0.1, 0.15) is 0 Å². The molecule has 1 aliphatic heterocycles. The predicted molar refractivity (Wildman–Crippen MR) is 67.3 cm³/mol. The fraction of sp³-hybridized carbons (Fsp3) is 0.846. The van der Waals surface area contributed by atoms with Crippen LogP contribution in [0, 0.1) is 5.41 Å². The normalized spacial score (nSPS) is 28.0. The maximum Gasteiger partial charge on any atom is 0.320 e. The molecule has 1 N–H and O–H groups in total. The monoisotopic (exact) mass is 254 g/mol. The molecular formula is C13H22N2O3. The summed E-state index contributed by atoms with van der Waals surface area (Å²) in [7, 11) is 1.83. The fourth-order valence-electron chi connectivity index (χ4n) is 2.80. The minimum atomic E-state index is -0.772. The van der Waals surface area contributed by atoms with Crippen LogP contribution >= 0.6 is 0 Å². The first-order valence-electron chi connectivity index (χ1n) is 6.75. The van der Waals surface area contributed by atoms with E-state index in [9.17, 15) is 14.7 Å². The van der Waals surface area contributed by atoms with E-state index in [1.165, 1.54) is 6.42 Å². The van der Waals surface area contributed by atoms with Crippen molar-refractivity contribution in [1.82, 2.24) is 9.80 Å². The summed E-state index contributed by atoms with van der Waals surface area (Å²) in [6.45, 7) is 2.81. The maximum absolute atomic E-state index is 12.3. The minimum absolute atomic E-state index is 0.00345. The van der Waals surface area contributed by atoms with E-state index in [1.807, 2.05) is 14.0 Å². The average molecular weight is 254 g/mol. The first-order chi connectivity index (χ1) is 8.50. The first-order valence-corrected chi connectivity index (χ1v) is 6.75. The molecule has 0 radical (unpaired) electrons. The second-order valence-corrected chi connectivity index (χ2v) is 5.59. The molecule has 0 aromatic rings. The summed E-state index contributed by atoms with van der Waals surface area (Å²) < 4.78 is 0. The number of amides is 2. The number of nitrogens with zero attached hydrogens (tertiary/aromatic N) is 2. The number of carboxylic acid groups (broad SMARTS) is 1. The Labute approximate surface area is 108 Å². The van der Waals surface area contributed by atoms with Crippen molar-refractivity contribution in [2.75, 3.05) is 20.1 Å². The minimum Gasteiger partial charge on any atom is -0.481 e. The lowest BCUT2D eigenvalue weighted by Crippen LogP contribution is -2.48. The van der Waals surface area contributed by atoms with Crippen molar-refractivity contribution >= 4 is 12.0 Å². The van der Waals surface area contributed by atoms with E-state index in [4.69, 9.17) is 0 Å². The van der Waals surface area contributed by atoms with Crippen LogP contribution in [-0.4, -0.2) is 53.1 Å². The Morgan fingerprint density at radius 1 is 1.44 bits per heavy atom. The molecule has 0 aromatic heterocycles. The number of carbonyl (C=O) groups is 2. The molecule has 1 unspecified atom stereocenters. The van der Waals surface area contributed by atoms with Crippen LogP contribution in [0.2, 0.25) is 0 Å². The predicted octanol–water partition coefficient (Wildman–Crippen LogP) is 1.78. The summed E-state index contributed by atoms with van der Waals surface area (Å²) >= 11 is 0. The van der Waals surface area contributed by atoms with Crippen LogP contribution in [-0.2, 0) is 4.79 Å². The number of hydrogen-bond acceptors (Lipinski definition) is 2. The van der Waals surface area contributed by atoms with Gasteiger partial charge in [-0.25, -0.2) is 4.79 Å². The van der Waals surface area contributed by atoms with Crippen molar-refractivity contribution in [2.45, 2.75) is 45.1 Å². The number of carbonyl (C=O) groups excluding carboxylic acids is 1. The Kier molecular flexibility index (Phi) is 3.50. The largest absolute Gasteiger partial charge is 0.481 e. The number of urea groups is 1. The zero-order valence-corrected chi connectivity index (χ0v) is 11.2. The van der Waals surface area contributed by atoms with Crippen LogP contribution in [0.3, 0.4) is 0 Å². The zero-order valence-electron chi connectivity index (χ0n) is 11.2. The Hall–Kier alpha value is -1.26. The lowest BCUT2D eigenvalue weighted by molar-refractivity contribution is -0.148. The number of hydrogen-bond donors (Lipinski definition) is 1. The Bertz CT molecular complexity index is 354. The van der Waals surface area contributed by atoms with Gasteiger partial charge in [0.25, 0.3) is 0 Å². The van der Waals surface area contributed by atoms with Crippen LogP contribution in [0.4, 0.5) is 4.79 Å². The summed E-state index contributed by atoms with van der Waals surface area (Å²) in [5.41, 5.74) is -0.726. The van der Waals surface area contributed by atoms with Crippen molar-refractivity contribution < 1.29 is 14.7 Å². The highest BCUT2D eigenvalue weighted by atomic mass is 16.4. The Morgan fingerprint density at radius 2 is 2.11 bits per heavy atom. The fourth-order valence-corrected chi connectivity index (χ4v) is 2.80. The smallest absolute Gasteiger partial charge is 0.320 e. The topological polar surface area (TPSA) is 60.9 Å². The molecule has 5 nitrogen and oxygen atoms in total. The molecule has 2 fully saturated rings. The van der Waals surface area contributed by atoms with E-state index in [2.05, 4.69) is 0 Å². The molecule has 0 spiro atoms. The van der Waals surface area contributed by atoms with Crippen molar-refractivity contribution in [1.29, 1.82) is 0 Å². The van der Waals surface area contributed by atoms with E-state index in [-0.39, 0.29) is 6.03 Å². The second kappa shape index (κ2) is 4.78. The molecule has 1 saturated heterocycles. The number of likely N-dealkylation sites (tertiary alicyclic amines) is 1. The summed E-state index contributed by atoms with van der Waals surface area (Å²) in [5.74, 6) is -0.772. The van der Waals surface area contributed by atoms with Gasteiger partial charge < -0.3 is 14.9 Å². The van der Waals surface area contributed by atoms with Crippen molar-refractivity contribution in [3.63, 3.8) is 0 Å². The van der Waals surface area contributed by atoms with Crippen LogP contribution in [0.15, 0.2) is 0 Å². The zero-order chi connectivity index (χ0) is 13.3. The Morgan fingerprint density at radius 3 is 2.50 bits per heavy atom. The Balaban J connectivity index is 1.99. The molecule has 2 rings (SSSR count). The lowest BCUT2D eigenvalue weighted by atomic mass is 9.84. The molecule has 102 valence electrons. The molecular weight excluding hydrogens is 232 g/mol. The molecule has 0 bridgehead atoms. The average Bonchev–Trinajstić information content (AvgIpc) is 2.71. The summed E-state index contributed by atoms with van der Waals surface area (Å²) in [6, 6.07) is 0.357. The highest BCUT2D eigenvalue weighted by molar-refractivity contribution is 5.79. The number of aliphatic carboxylic acids is 1. The third kappa shape index (κ3) is 2.06. The summed E-state index contributed by atoms with van der Waals surface area (Å²) in [5, 5.41) is 9.32. The van der Waals surface area contributed by atoms with Gasteiger partial charge in [-0.3, -0.25) is 4.79 Å². The molecule has 2 amide bonds. The maximum atomic E-state index is 12.3. The molecule has 1 heterocycles. The quantitative estimate of drug-likeness (QED) is 0.835. The van der Waals surface area contributed by atoms with Gasteiger partial charge in [-0.05, 0) is 32.1 Å². The van der Waals surface area contributed by atoms with E-state index < -0.39 is 11.4 Å². The second-order valence-electron chi connectivity index (χ2n) is 5.59. The van der Waals surface area contributed by atoms with Crippen LogP contribution in [0.1, 0.15) is 39.0 Å². The highest BCUT2D eigenvalue weighted by Crippen LogP contribution is 2.35. The van der Waals surface area contributed by atoms with Crippen molar-refractivity contribution in [2.24, 2.45) is 5.41 Å². The van der Waals surface area contributed by atoms with Crippen molar-refractivity contribution in [3.05, 3.63) is 0 Å². The van der Waals surface area contributed by atoms with Gasteiger partial charge in [-0.1, -0.05) is 6.92 Å². The molecule has 1 saturated carbocycles. The molecule has 18 heavy (non-hydrogen) atoms. The number of rotatable bonds is 3. The van der Waals surface area contributed by atoms with Crippen molar-refractivity contribution in [3.8, 4) is 0 Å². The van der Waals surface area contributed by atoms with Gasteiger partial charge >= 0.3 is 12.0 Å². The third-order valence-electron chi connectivity index (χ3n) is 4.68.